The van der Waals surface area contributed by atoms with Crippen molar-refractivity contribution in [3.05, 3.63) is 30.3 Å². The molecule has 1 fully saturated rings. The Morgan fingerprint density at radius 1 is 1.36 bits per heavy atom. The number of hydrogen-bond acceptors (Lipinski definition) is 8. The molecule has 3 N–H and O–H groups in total. The smallest absolute Gasteiger partial charge is 0.215 e. The van der Waals surface area contributed by atoms with Gasteiger partial charge < -0.3 is 25.4 Å². The van der Waals surface area contributed by atoms with E-state index >= 15 is 0 Å². The van der Waals surface area contributed by atoms with E-state index in [2.05, 4.69) is 25.2 Å². The first kappa shape index (κ1) is 17.2. The van der Waals surface area contributed by atoms with Crippen LogP contribution in [0.1, 0.15) is 6.42 Å². The SMILES string of the molecule is COc1ccc(F)c(NC[C@H]2C[C@@H](OC)CN2c2cc(N)ncn2)n1. The third-order valence-electron chi connectivity index (χ3n) is 4.21. The number of nitrogen functional groups attached to an aromatic ring is 1. The van der Waals surface area contributed by atoms with Crippen LogP contribution in [0.3, 0.4) is 0 Å². The van der Waals surface area contributed by atoms with Gasteiger partial charge in [-0.15, -0.1) is 0 Å². The molecule has 1 aliphatic heterocycles. The predicted octanol–water partition coefficient (Wildman–Crippen LogP) is 1.31. The monoisotopic (exact) mass is 348 g/mol. The normalized spacial score (nSPS) is 19.9. The molecule has 0 spiro atoms. The molecule has 8 nitrogen and oxygen atoms in total. The highest BCUT2D eigenvalue weighted by Crippen LogP contribution is 2.27. The fourth-order valence-corrected chi connectivity index (χ4v) is 2.91. The molecule has 1 aliphatic rings. The van der Waals surface area contributed by atoms with Gasteiger partial charge in [0.2, 0.25) is 5.88 Å². The molecule has 0 aromatic carbocycles. The molecule has 1 saturated heterocycles. The molecule has 0 radical (unpaired) electrons. The van der Waals surface area contributed by atoms with Crippen molar-refractivity contribution in [3.8, 4) is 5.88 Å². The Labute approximate surface area is 145 Å². The van der Waals surface area contributed by atoms with Crippen LogP contribution in [0.15, 0.2) is 24.5 Å². The number of halogens is 1. The Kier molecular flexibility index (Phi) is 5.13. The Hall–Kier alpha value is -2.68. The fraction of sp³-hybridized carbons (Fsp3) is 0.438. The molecule has 9 heteroatoms. The summed E-state index contributed by atoms with van der Waals surface area (Å²) in [6, 6.07) is 4.57. The van der Waals surface area contributed by atoms with Crippen LogP contribution in [-0.4, -0.2) is 54.4 Å². The van der Waals surface area contributed by atoms with Crippen molar-refractivity contribution in [2.75, 3.05) is 43.3 Å². The summed E-state index contributed by atoms with van der Waals surface area (Å²) in [5, 5.41) is 3.05. The standard InChI is InChI=1S/C16H21FN6O2/c1-24-11-5-10(23(8-11)14-6-13(18)20-9-21-14)7-19-16-12(17)3-4-15(22-16)25-2/h3-4,6,9-11H,5,7-8H2,1-2H3,(H,19,22)(H2,18,20,21)/t10-,11-/m1/s1. The van der Waals surface area contributed by atoms with E-state index in [-0.39, 0.29) is 18.0 Å². The van der Waals surface area contributed by atoms with Gasteiger partial charge in [-0.05, 0) is 12.5 Å². The minimum absolute atomic E-state index is 0.0478. The summed E-state index contributed by atoms with van der Waals surface area (Å²) in [4.78, 5) is 14.4. The summed E-state index contributed by atoms with van der Waals surface area (Å²) in [5.74, 6) is 1.20. The van der Waals surface area contributed by atoms with E-state index < -0.39 is 5.82 Å². The van der Waals surface area contributed by atoms with Gasteiger partial charge in [0.15, 0.2) is 11.6 Å². The third-order valence-corrected chi connectivity index (χ3v) is 4.21. The van der Waals surface area contributed by atoms with E-state index in [1.165, 1.54) is 25.6 Å². The molecule has 0 unspecified atom stereocenters. The lowest BCUT2D eigenvalue weighted by Gasteiger charge is -2.25. The highest BCUT2D eigenvalue weighted by Gasteiger charge is 2.33. The quantitative estimate of drug-likeness (QED) is 0.806. The van der Waals surface area contributed by atoms with Crippen molar-refractivity contribution < 1.29 is 13.9 Å². The minimum atomic E-state index is -0.431. The van der Waals surface area contributed by atoms with E-state index in [9.17, 15) is 4.39 Å². The van der Waals surface area contributed by atoms with Crippen LogP contribution >= 0.6 is 0 Å². The lowest BCUT2D eigenvalue weighted by atomic mass is 10.2. The molecule has 0 bridgehead atoms. The molecular formula is C16H21FN6O2. The summed E-state index contributed by atoms with van der Waals surface area (Å²) in [6.07, 6.45) is 2.27. The van der Waals surface area contributed by atoms with Crippen molar-refractivity contribution in [3.63, 3.8) is 0 Å². The Bertz CT molecular complexity index is 732. The number of hydrogen-bond donors (Lipinski definition) is 2. The third kappa shape index (κ3) is 3.87. The van der Waals surface area contributed by atoms with Crippen LogP contribution in [0.5, 0.6) is 5.88 Å². The van der Waals surface area contributed by atoms with Gasteiger partial charge in [-0.1, -0.05) is 0 Å². The van der Waals surface area contributed by atoms with E-state index in [1.54, 1.807) is 13.2 Å². The van der Waals surface area contributed by atoms with Crippen LogP contribution in [0.25, 0.3) is 0 Å². The fourth-order valence-electron chi connectivity index (χ4n) is 2.91. The molecular weight excluding hydrogens is 327 g/mol. The molecule has 2 aromatic rings. The second-order valence-electron chi connectivity index (χ2n) is 5.77. The average Bonchev–Trinajstić information content (AvgIpc) is 3.04. The van der Waals surface area contributed by atoms with Gasteiger partial charge >= 0.3 is 0 Å². The Morgan fingerprint density at radius 2 is 2.20 bits per heavy atom. The molecule has 0 amide bonds. The van der Waals surface area contributed by atoms with Crippen molar-refractivity contribution in [2.45, 2.75) is 18.6 Å². The number of pyridine rings is 1. The molecule has 3 heterocycles. The van der Waals surface area contributed by atoms with Crippen LogP contribution in [0.2, 0.25) is 0 Å². The topological polar surface area (TPSA) is 98.4 Å². The predicted molar refractivity (Wildman–Crippen MR) is 92.2 cm³/mol. The molecule has 0 aliphatic carbocycles. The zero-order valence-corrected chi connectivity index (χ0v) is 14.1. The summed E-state index contributed by atoms with van der Waals surface area (Å²) in [5.41, 5.74) is 5.76. The number of nitrogens with zero attached hydrogens (tertiary/aromatic N) is 4. The first-order valence-electron chi connectivity index (χ1n) is 7.92. The summed E-state index contributed by atoms with van der Waals surface area (Å²) >= 11 is 0. The molecule has 3 rings (SSSR count). The van der Waals surface area contributed by atoms with Gasteiger partial charge in [0.05, 0.1) is 19.3 Å². The van der Waals surface area contributed by atoms with Crippen LogP contribution in [0.4, 0.5) is 21.8 Å². The van der Waals surface area contributed by atoms with Crippen molar-refractivity contribution in [1.29, 1.82) is 0 Å². The van der Waals surface area contributed by atoms with E-state index in [4.69, 9.17) is 15.2 Å². The summed E-state index contributed by atoms with van der Waals surface area (Å²) in [6.45, 7) is 1.15. The number of aromatic nitrogens is 3. The lowest BCUT2D eigenvalue weighted by molar-refractivity contribution is 0.118. The van der Waals surface area contributed by atoms with E-state index in [1.807, 2.05) is 0 Å². The zero-order chi connectivity index (χ0) is 17.8. The molecule has 134 valence electrons. The highest BCUT2D eigenvalue weighted by molar-refractivity contribution is 5.49. The van der Waals surface area contributed by atoms with Gasteiger partial charge in [0.25, 0.3) is 0 Å². The first-order valence-corrected chi connectivity index (χ1v) is 7.92. The van der Waals surface area contributed by atoms with Crippen LogP contribution in [-0.2, 0) is 4.74 Å². The van der Waals surface area contributed by atoms with Crippen molar-refractivity contribution in [2.24, 2.45) is 0 Å². The molecule has 0 saturated carbocycles. The van der Waals surface area contributed by atoms with Gasteiger partial charge in [0, 0.05) is 32.3 Å². The second-order valence-corrected chi connectivity index (χ2v) is 5.77. The molecule has 2 aromatic heterocycles. The lowest BCUT2D eigenvalue weighted by Crippen LogP contribution is -2.36. The Morgan fingerprint density at radius 3 is 2.92 bits per heavy atom. The Balaban J connectivity index is 1.75. The minimum Gasteiger partial charge on any atom is -0.481 e. The maximum Gasteiger partial charge on any atom is 0.215 e. The van der Waals surface area contributed by atoms with Gasteiger partial charge in [0.1, 0.15) is 18.0 Å². The van der Waals surface area contributed by atoms with Gasteiger partial charge in [-0.2, -0.15) is 4.98 Å². The van der Waals surface area contributed by atoms with Gasteiger partial charge in [-0.3, -0.25) is 0 Å². The molecule has 25 heavy (non-hydrogen) atoms. The second kappa shape index (κ2) is 7.47. The van der Waals surface area contributed by atoms with E-state index in [0.717, 1.165) is 12.2 Å². The maximum absolute atomic E-state index is 13.9. The van der Waals surface area contributed by atoms with Crippen LogP contribution < -0.4 is 20.7 Å². The van der Waals surface area contributed by atoms with Crippen molar-refractivity contribution in [1.82, 2.24) is 15.0 Å². The molecule has 2 atom stereocenters. The first-order chi connectivity index (χ1) is 12.1. The van der Waals surface area contributed by atoms with Crippen LogP contribution in [0, 0.1) is 5.82 Å². The van der Waals surface area contributed by atoms with Gasteiger partial charge in [-0.25, -0.2) is 14.4 Å². The number of ether oxygens (including phenoxy) is 2. The zero-order valence-electron chi connectivity index (χ0n) is 14.1. The summed E-state index contributed by atoms with van der Waals surface area (Å²) in [7, 11) is 3.17. The number of anilines is 3. The maximum atomic E-state index is 13.9. The highest BCUT2D eigenvalue weighted by atomic mass is 19.1. The largest absolute Gasteiger partial charge is 0.481 e. The number of nitrogens with two attached hydrogens (primary N) is 1. The summed E-state index contributed by atoms with van der Waals surface area (Å²) < 4.78 is 24.5. The number of nitrogens with one attached hydrogen (secondary N) is 1. The average molecular weight is 348 g/mol. The number of methoxy groups -OCH3 is 2. The van der Waals surface area contributed by atoms with E-state index in [0.29, 0.717) is 24.8 Å². The van der Waals surface area contributed by atoms with Crippen molar-refractivity contribution >= 4 is 17.5 Å². The number of rotatable bonds is 6.